The van der Waals surface area contributed by atoms with Crippen molar-refractivity contribution in [1.82, 2.24) is 14.7 Å². The van der Waals surface area contributed by atoms with Gasteiger partial charge in [-0.25, -0.2) is 14.1 Å². The van der Waals surface area contributed by atoms with Gasteiger partial charge >= 0.3 is 0 Å². The second-order valence-electron chi connectivity index (χ2n) is 9.10. The molecule has 0 saturated carbocycles. The maximum Gasteiger partial charge on any atom is 0.195 e. The van der Waals surface area contributed by atoms with E-state index in [0.29, 0.717) is 33.8 Å². The molecule has 0 amide bonds. The molecule has 1 atom stereocenters. The number of rotatable bonds is 5. The molecule has 1 aliphatic heterocycles. The Labute approximate surface area is 208 Å². The zero-order valence-corrected chi connectivity index (χ0v) is 20.6. The average Bonchev–Trinajstić information content (AvgIpc) is 3.30. The Kier molecular flexibility index (Phi) is 6.30. The minimum atomic E-state index is -0.471. The lowest BCUT2D eigenvalue weighted by molar-refractivity contribution is -0.0391. The van der Waals surface area contributed by atoms with Crippen LogP contribution in [0.1, 0.15) is 47.0 Å². The summed E-state index contributed by atoms with van der Waals surface area (Å²) in [6, 6.07) is 10.2. The van der Waals surface area contributed by atoms with Gasteiger partial charge in [0.05, 0.1) is 12.0 Å². The first-order chi connectivity index (χ1) is 16.8. The number of aromatic nitrogens is 2. The molecule has 5 rings (SSSR count). The quantitative estimate of drug-likeness (QED) is 0.183. The zero-order chi connectivity index (χ0) is 24.7. The number of carbonyl (C=O) groups is 1. The SMILES string of the molecule is Cc1cc(C(=O)c2ccc(F)c3nn(C4CCCCO4)cc23)c(/N=C/N(C)C)c2ccc(Cl)cc12. The predicted octanol–water partition coefficient (Wildman–Crippen LogP) is 6.44. The Balaban J connectivity index is 1.69. The average molecular weight is 493 g/mol. The van der Waals surface area contributed by atoms with Crippen LogP contribution in [0, 0.1) is 12.7 Å². The number of aryl methyl sites for hydroxylation is 1. The third kappa shape index (κ3) is 4.42. The first-order valence-corrected chi connectivity index (χ1v) is 12.0. The van der Waals surface area contributed by atoms with Crippen LogP contribution < -0.4 is 0 Å². The van der Waals surface area contributed by atoms with E-state index in [-0.39, 0.29) is 17.5 Å². The minimum Gasteiger partial charge on any atom is -0.369 e. The first-order valence-electron chi connectivity index (χ1n) is 11.6. The molecule has 0 radical (unpaired) electrons. The van der Waals surface area contributed by atoms with E-state index in [0.717, 1.165) is 35.6 Å². The molecule has 1 unspecified atom stereocenters. The van der Waals surface area contributed by atoms with Crippen LogP contribution >= 0.6 is 11.6 Å². The normalized spacial score (nSPS) is 16.4. The van der Waals surface area contributed by atoms with Crippen molar-refractivity contribution in [3.63, 3.8) is 0 Å². The molecular formula is C27H26ClFN4O2. The molecule has 1 saturated heterocycles. The zero-order valence-electron chi connectivity index (χ0n) is 19.9. The van der Waals surface area contributed by atoms with Gasteiger partial charge in [0.15, 0.2) is 11.6 Å². The van der Waals surface area contributed by atoms with Gasteiger partial charge in [-0.05, 0) is 67.5 Å². The molecule has 0 bridgehead atoms. The molecule has 3 aromatic carbocycles. The molecule has 180 valence electrons. The standard InChI is InChI=1S/C27H26ClFN4O2/c1-16-12-21(25(30-15-32(2)3)18-8-7-17(28)13-20(16)18)27(34)19-9-10-23(29)26-22(19)14-33(31-26)24-6-4-5-11-35-24/h7-10,12-15,24H,4-6,11H2,1-3H3/b30-15+. The van der Waals surface area contributed by atoms with Crippen molar-refractivity contribution in [3.8, 4) is 0 Å². The van der Waals surface area contributed by atoms with Gasteiger partial charge in [0.2, 0.25) is 0 Å². The second-order valence-corrected chi connectivity index (χ2v) is 9.54. The van der Waals surface area contributed by atoms with Crippen LogP contribution in [0.2, 0.25) is 5.02 Å². The molecule has 1 aliphatic rings. The fourth-order valence-electron chi connectivity index (χ4n) is 4.56. The van der Waals surface area contributed by atoms with Gasteiger partial charge in [-0.3, -0.25) is 4.79 Å². The molecule has 1 aromatic heterocycles. The van der Waals surface area contributed by atoms with E-state index in [4.69, 9.17) is 16.3 Å². The lowest BCUT2D eigenvalue weighted by Gasteiger charge is -2.22. The number of benzene rings is 3. The number of hydrogen-bond donors (Lipinski definition) is 0. The summed E-state index contributed by atoms with van der Waals surface area (Å²) >= 11 is 6.25. The molecule has 4 aromatic rings. The molecule has 2 heterocycles. The van der Waals surface area contributed by atoms with E-state index in [1.54, 1.807) is 28.2 Å². The Morgan fingerprint density at radius 1 is 1.17 bits per heavy atom. The van der Waals surface area contributed by atoms with E-state index in [1.165, 1.54) is 12.1 Å². The number of halogens is 2. The summed E-state index contributed by atoms with van der Waals surface area (Å²) in [7, 11) is 3.73. The Hall–Kier alpha value is -3.29. The molecule has 35 heavy (non-hydrogen) atoms. The van der Waals surface area contributed by atoms with Crippen LogP contribution in [0.4, 0.5) is 10.1 Å². The maximum atomic E-state index is 14.7. The number of ketones is 1. The highest BCUT2D eigenvalue weighted by Gasteiger charge is 2.24. The first kappa shape index (κ1) is 23.5. The number of fused-ring (bicyclic) bond motifs is 2. The van der Waals surface area contributed by atoms with Crippen molar-refractivity contribution in [3.05, 3.63) is 70.1 Å². The summed E-state index contributed by atoms with van der Waals surface area (Å²) in [5.41, 5.74) is 2.41. The predicted molar refractivity (Wildman–Crippen MR) is 137 cm³/mol. The number of carbonyl (C=O) groups excluding carboxylic acids is 1. The van der Waals surface area contributed by atoms with E-state index >= 15 is 0 Å². The lowest BCUT2D eigenvalue weighted by Crippen LogP contribution is -2.18. The minimum absolute atomic E-state index is 0.160. The van der Waals surface area contributed by atoms with Crippen LogP contribution in [0.25, 0.3) is 21.7 Å². The third-order valence-electron chi connectivity index (χ3n) is 6.28. The number of nitrogens with zero attached hydrogens (tertiary/aromatic N) is 4. The summed E-state index contributed by atoms with van der Waals surface area (Å²) < 4.78 is 22.2. The highest BCUT2D eigenvalue weighted by atomic mass is 35.5. The fourth-order valence-corrected chi connectivity index (χ4v) is 4.73. The van der Waals surface area contributed by atoms with Crippen molar-refractivity contribution in [1.29, 1.82) is 0 Å². The van der Waals surface area contributed by atoms with Gasteiger partial charge in [0.25, 0.3) is 0 Å². The largest absolute Gasteiger partial charge is 0.369 e. The van der Waals surface area contributed by atoms with Gasteiger partial charge in [0, 0.05) is 53.8 Å². The summed E-state index contributed by atoms with van der Waals surface area (Å²) in [4.78, 5) is 20.4. The summed E-state index contributed by atoms with van der Waals surface area (Å²) in [5, 5.41) is 7.26. The highest BCUT2D eigenvalue weighted by Crippen LogP contribution is 2.37. The van der Waals surface area contributed by atoms with E-state index in [1.807, 2.05) is 39.2 Å². The Bertz CT molecular complexity index is 1470. The smallest absolute Gasteiger partial charge is 0.195 e. The molecule has 0 spiro atoms. The van der Waals surface area contributed by atoms with Gasteiger partial charge in [0.1, 0.15) is 11.7 Å². The highest BCUT2D eigenvalue weighted by molar-refractivity contribution is 6.31. The van der Waals surface area contributed by atoms with Crippen LogP contribution in [-0.4, -0.2) is 47.5 Å². The van der Waals surface area contributed by atoms with Crippen molar-refractivity contribution in [2.75, 3.05) is 20.7 Å². The van der Waals surface area contributed by atoms with E-state index < -0.39 is 5.82 Å². The molecule has 8 heteroatoms. The summed E-state index contributed by atoms with van der Waals surface area (Å²) in [6.07, 6.45) is 5.94. The Morgan fingerprint density at radius 2 is 2.00 bits per heavy atom. The lowest BCUT2D eigenvalue weighted by atomic mass is 9.93. The maximum absolute atomic E-state index is 14.7. The van der Waals surface area contributed by atoms with Gasteiger partial charge in [-0.2, -0.15) is 5.10 Å². The molecule has 1 fully saturated rings. The van der Waals surface area contributed by atoms with Gasteiger partial charge < -0.3 is 9.64 Å². The number of ether oxygens (including phenoxy) is 1. The van der Waals surface area contributed by atoms with Gasteiger partial charge in [-0.15, -0.1) is 0 Å². The topological polar surface area (TPSA) is 59.7 Å². The summed E-state index contributed by atoms with van der Waals surface area (Å²) in [5.74, 6) is -0.716. The van der Waals surface area contributed by atoms with Crippen LogP contribution in [0.5, 0.6) is 0 Å². The monoisotopic (exact) mass is 492 g/mol. The Morgan fingerprint density at radius 3 is 2.74 bits per heavy atom. The van der Waals surface area contributed by atoms with E-state index in [9.17, 15) is 9.18 Å². The van der Waals surface area contributed by atoms with Gasteiger partial charge in [-0.1, -0.05) is 17.7 Å². The molecule has 6 nitrogen and oxygen atoms in total. The molecule has 0 N–H and O–H groups in total. The van der Waals surface area contributed by atoms with Crippen LogP contribution in [-0.2, 0) is 4.74 Å². The summed E-state index contributed by atoms with van der Waals surface area (Å²) in [6.45, 7) is 2.58. The van der Waals surface area contributed by atoms with Crippen molar-refractivity contribution in [2.24, 2.45) is 4.99 Å². The third-order valence-corrected chi connectivity index (χ3v) is 6.52. The van der Waals surface area contributed by atoms with Crippen molar-refractivity contribution < 1.29 is 13.9 Å². The van der Waals surface area contributed by atoms with Crippen molar-refractivity contribution >= 4 is 51.1 Å². The van der Waals surface area contributed by atoms with Crippen LogP contribution in [0.15, 0.2) is 47.6 Å². The molecular weight excluding hydrogens is 467 g/mol. The number of aliphatic imine (C=N–C) groups is 1. The second kappa shape index (κ2) is 9.40. The van der Waals surface area contributed by atoms with Crippen LogP contribution in [0.3, 0.4) is 0 Å². The van der Waals surface area contributed by atoms with Crippen molar-refractivity contribution in [2.45, 2.75) is 32.4 Å². The number of hydrogen-bond acceptors (Lipinski definition) is 4. The van der Waals surface area contributed by atoms with E-state index in [2.05, 4.69) is 10.1 Å². The molecule has 0 aliphatic carbocycles. The fraction of sp³-hybridized carbons (Fsp3) is 0.296.